The summed E-state index contributed by atoms with van der Waals surface area (Å²) >= 11 is 0. The number of hydrogen-bond acceptors (Lipinski definition) is 2. The van der Waals surface area contributed by atoms with Gasteiger partial charge in [-0.1, -0.05) is 17.7 Å². The normalized spacial score (nSPS) is 15.9. The van der Waals surface area contributed by atoms with E-state index in [0.717, 1.165) is 36.2 Å². The molecule has 1 aliphatic heterocycles. The van der Waals surface area contributed by atoms with Gasteiger partial charge in [-0.15, -0.1) is 0 Å². The van der Waals surface area contributed by atoms with Crippen molar-refractivity contribution in [2.45, 2.75) is 27.2 Å². The third kappa shape index (κ3) is 3.18. The van der Waals surface area contributed by atoms with Crippen molar-refractivity contribution in [3.05, 3.63) is 34.9 Å². The molecule has 1 aromatic carbocycles. The fourth-order valence-corrected chi connectivity index (χ4v) is 2.57. The third-order valence-electron chi connectivity index (χ3n) is 3.85. The molecule has 4 heteroatoms. The first-order valence-electron chi connectivity index (χ1n) is 7.11. The molecule has 0 aromatic heterocycles. The van der Waals surface area contributed by atoms with Crippen LogP contribution in [-0.4, -0.2) is 47.8 Å². The Bertz CT molecular complexity index is 525. The molecule has 0 bridgehead atoms. The van der Waals surface area contributed by atoms with Crippen LogP contribution in [0.5, 0.6) is 0 Å². The molecule has 1 fully saturated rings. The van der Waals surface area contributed by atoms with Crippen LogP contribution in [0.1, 0.15) is 34.8 Å². The molecule has 108 valence electrons. The first-order chi connectivity index (χ1) is 9.49. The van der Waals surface area contributed by atoms with Gasteiger partial charge in [-0.3, -0.25) is 9.59 Å². The van der Waals surface area contributed by atoms with Crippen LogP contribution in [0.4, 0.5) is 0 Å². The summed E-state index contributed by atoms with van der Waals surface area (Å²) in [6, 6.07) is 5.96. The van der Waals surface area contributed by atoms with Gasteiger partial charge in [-0.05, 0) is 31.9 Å². The maximum absolute atomic E-state index is 12.6. The molecule has 2 amide bonds. The lowest BCUT2D eigenvalue weighted by Gasteiger charge is -2.22. The van der Waals surface area contributed by atoms with Crippen molar-refractivity contribution < 1.29 is 9.59 Å². The van der Waals surface area contributed by atoms with Crippen LogP contribution in [0, 0.1) is 13.8 Å². The molecule has 4 nitrogen and oxygen atoms in total. The Kier molecular flexibility index (Phi) is 4.42. The zero-order valence-corrected chi connectivity index (χ0v) is 12.5. The Morgan fingerprint density at radius 1 is 1.00 bits per heavy atom. The van der Waals surface area contributed by atoms with E-state index in [1.807, 2.05) is 41.8 Å². The average molecular weight is 274 g/mol. The summed E-state index contributed by atoms with van der Waals surface area (Å²) in [5, 5.41) is 0. The van der Waals surface area contributed by atoms with E-state index in [1.54, 1.807) is 6.92 Å². The summed E-state index contributed by atoms with van der Waals surface area (Å²) < 4.78 is 0. The van der Waals surface area contributed by atoms with Gasteiger partial charge in [0.1, 0.15) is 0 Å². The van der Waals surface area contributed by atoms with E-state index in [-0.39, 0.29) is 11.8 Å². The highest BCUT2D eigenvalue weighted by atomic mass is 16.2. The third-order valence-corrected chi connectivity index (χ3v) is 3.85. The van der Waals surface area contributed by atoms with Crippen molar-refractivity contribution in [3.8, 4) is 0 Å². The Morgan fingerprint density at radius 3 is 2.35 bits per heavy atom. The largest absolute Gasteiger partial charge is 0.341 e. The van der Waals surface area contributed by atoms with Gasteiger partial charge in [0.05, 0.1) is 0 Å². The number of benzene rings is 1. The van der Waals surface area contributed by atoms with E-state index in [1.165, 1.54) is 0 Å². The monoisotopic (exact) mass is 274 g/mol. The highest BCUT2D eigenvalue weighted by molar-refractivity contribution is 5.95. The van der Waals surface area contributed by atoms with Gasteiger partial charge in [-0.25, -0.2) is 0 Å². The van der Waals surface area contributed by atoms with E-state index in [4.69, 9.17) is 0 Å². The van der Waals surface area contributed by atoms with Gasteiger partial charge in [0.25, 0.3) is 5.91 Å². The second-order valence-corrected chi connectivity index (χ2v) is 5.47. The first-order valence-corrected chi connectivity index (χ1v) is 7.11. The Balaban J connectivity index is 2.13. The lowest BCUT2D eigenvalue weighted by atomic mass is 10.0. The summed E-state index contributed by atoms with van der Waals surface area (Å²) in [6.45, 7) is 8.25. The summed E-state index contributed by atoms with van der Waals surface area (Å²) in [4.78, 5) is 27.7. The lowest BCUT2D eigenvalue weighted by Crippen LogP contribution is -2.36. The molecule has 20 heavy (non-hydrogen) atoms. The van der Waals surface area contributed by atoms with Gasteiger partial charge in [-0.2, -0.15) is 0 Å². The number of carbonyl (C=O) groups excluding carboxylic acids is 2. The number of hydrogen-bond donors (Lipinski definition) is 0. The minimum absolute atomic E-state index is 0.0802. The smallest absolute Gasteiger partial charge is 0.254 e. The maximum Gasteiger partial charge on any atom is 0.254 e. The summed E-state index contributed by atoms with van der Waals surface area (Å²) in [5.41, 5.74) is 2.88. The van der Waals surface area contributed by atoms with E-state index in [0.29, 0.717) is 13.1 Å². The van der Waals surface area contributed by atoms with Crippen molar-refractivity contribution in [2.75, 3.05) is 26.2 Å². The number of rotatable bonds is 1. The first kappa shape index (κ1) is 14.6. The van der Waals surface area contributed by atoms with Gasteiger partial charge in [0.15, 0.2) is 0 Å². The van der Waals surface area contributed by atoms with Crippen LogP contribution in [0.3, 0.4) is 0 Å². The van der Waals surface area contributed by atoms with E-state index < -0.39 is 0 Å². The van der Waals surface area contributed by atoms with Crippen LogP contribution in [0.2, 0.25) is 0 Å². The highest BCUT2D eigenvalue weighted by Crippen LogP contribution is 2.15. The highest BCUT2D eigenvalue weighted by Gasteiger charge is 2.22. The number of nitrogens with zero attached hydrogens (tertiary/aromatic N) is 2. The van der Waals surface area contributed by atoms with Crippen LogP contribution < -0.4 is 0 Å². The number of carbonyl (C=O) groups is 2. The molecule has 0 radical (unpaired) electrons. The molecule has 0 aliphatic carbocycles. The van der Waals surface area contributed by atoms with Gasteiger partial charge in [0.2, 0.25) is 5.91 Å². The quantitative estimate of drug-likeness (QED) is 0.786. The molecule has 0 atom stereocenters. The second kappa shape index (κ2) is 6.07. The fraction of sp³-hybridized carbons (Fsp3) is 0.500. The van der Waals surface area contributed by atoms with E-state index >= 15 is 0 Å². The number of aryl methyl sites for hydroxylation is 2. The SMILES string of the molecule is CC(=O)N1CCCN(C(=O)c2cc(C)ccc2C)CC1. The number of amides is 2. The molecule has 1 aliphatic rings. The minimum atomic E-state index is 0.0802. The van der Waals surface area contributed by atoms with Crippen LogP contribution in [-0.2, 0) is 4.79 Å². The van der Waals surface area contributed by atoms with Crippen LogP contribution in [0.15, 0.2) is 18.2 Å². The van der Waals surface area contributed by atoms with E-state index in [9.17, 15) is 9.59 Å². The van der Waals surface area contributed by atoms with Crippen molar-refractivity contribution in [1.82, 2.24) is 9.80 Å². The summed E-state index contributed by atoms with van der Waals surface area (Å²) in [5.74, 6) is 0.169. The zero-order valence-electron chi connectivity index (χ0n) is 12.5. The average Bonchev–Trinajstić information content (AvgIpc) is 2.66. The predicted octanol–water partition coefficient (Wildman–Crippen LogP) is 2.00. The molecular weight excluding hydrogens is 252 g/mol. The zero-order chi connectivity index (χ0) is 14.7. The van der Waals surface area contributed by atoms with Crippen molar-refractivity contribution in [3.63, 3.8) is 0 Å². The molecule has 0 unspecified atom stereocenters. The van der Waals surface area contributed by atoms with E-state index in [2.05, 4.69) is 0 Å². The standard InChI is InChI=1S/C16H22N2O2/c1-12-5-6-13(2)15(11-12)16(20)18-8-4-7-17(9-10-18)14(3)19/h5-6,11H,4,7-10H2,1-3H3. The topological polar surface area (TPSA) is 40.6 Å². The molecule has 1 aromatic rings. The Hall–Kier alpha value is -1.84. The van der Waals surface area contributed by atoms with Gasteiger partial charge in [0, 0.05) is 38.7 Å². The molecular formula is C16H22N2O2. The van der Waals surface area contributed by atoms with Crippen molar-refractivity contribution >= 4 is 11.8 Å². The summed E-state index contributed by atoms with van der Waals surface area (Å²) in [7, 11) is 0. The van der Waals surface area contributed by atoms with Crippen LogP contribution in [0.25, 0.3) is 0 Å². The molecule has 0 N–H and O–H groups in total. The van der Waals surface area contributed by atoms with Crippen LogP contribution >= 0.6 is 0 Å². The lowest BCUT2D eigenvalue weighted by molar-refractivity contribution is -0.128. The van der Waals surface area contributed by atoms with Crippen molar-refractivity contribution in [2.24, 2.45) is 0 Å². The van der Waals surface area contributed by atoms with Gasteiger partial charge >= 0.3 is 0 Å². The molecule has 0 spiro atoms. The molecule has 0 saturated carbocycles. The Morgan fingerprint density at radius 2 is 1.65 bits per heavy atom. The molecule has 2 rings (SSSR count). The second-order valence-electron chi connectivity index (χ2n) is 5.47. The minimum Gasteiger partial charge on any atom is -0.341 e. The molecule has 1 saturated heterocycles. The van der Waals surface area contributed by atoms with Gasteiger partial charge < -0.3 is 9.80 Å². The molecule has 1 heterocycles. The predicted molar refractivity (Wildman–Crippen MR) is 78.7 cm³/mol. The fourth-order valence-electron chi connectivity index (χ4n) is 2.57. The maximum atomic E-state index is 12.6. The summed E-state index contributed by atoms with van der Waals surface area (Å²) in [6.07, 6.45) is 0.843. The Labute approximate surface area is 120 Å². The van der Waals surface area contributed by atoms with Crippen molar-refractivity contribution in [1.29, 1.82) is 0 Å².